The number of thiophene rings is 1. The van der Waals surface area contributed by atoms with Gasteiger partial charge >= 0.3 is 0 Å². The lowest BCUT2D eigenvalue weighted by molar-refractivity contribution is -0.132. The van der Waals surface area contributed by atoms with Crippen LogP contribution in [0.1, 0.15) is 36.3 Å². The van der Waals surface area contributed by atoms with E-state index in [0.717, 1.165) is 25.9 Å². The van der Waals surface area contributed by atoms with Gasteiger partial charge in [-0.25, -0.2) is 4.39 Å². The predicted molar refractivity (Wildman–Crippen MR) is 87.6 cm³/mol. The van der Waals surface area contributed by atoms with Crippen LogP contribution in [0.4, 0.5) is 4.39 Å². The summed E-state index contributed by atoms with van der Waals surface area (Å²) in [6.45, 7) is 1.63. The number of carbonyl (C=O) groups is 1. The van der Waals surface area contributed by atoms with Crippen molar-refractivity contribution in [3.63, 3.8) is 0 Å². The highest BCUT2D eigenvalue weighted by Crippen LogP contribution is 2.29. The van der Waals surface area contributed by atoms with E-state index in [9.17, 15) is 9.18 Å². The molecule has 2 nitrogen and oxygen atoms in total. The zero-order valence-corrected chi connectivity index (χ0v) is 13.3. The molecule has 1 aliphatic heterocycles. The highest BCUT2D eigenvalue weighted by molar-refractivity contribution is 7.07. The van der Waals surface area contributed by atoms with Crippen molar-refractivity contribution in [2.24, 2.45) is 0 Å². The molecule has 0 saturated carbocycles. The highest BCUT2D eigenvalue weighted by Gasteiger charge is 2.23. The molecule has 1 aromatic carbocycles. The molecule has 1 aromatic heterocycles. The third kappa shape index (κ3) is 3.55. The number of halogens is 1. The Bertz CT molecular complexity index is 618. The summed E-state index contributed by atoms with van der Waals surface area (Å²) in [5.41, 5.74) is 2.03. The van der Waals surface area contributed by atoms with Crippen LogP contribution in [0, 0.1) is 5.82 Å². The van der Waals surface area contributed by atoms with Gasteiger partial charge in [-0.1, -0.05) is 18.2 Å². The first-order valence-corrected chi connectivity index (χ1v) is 8.71. The first-order valence-electron chi connectivity index (χ1n) is 7.77. The van der Waals surface area contributed by atoms with Crippen LogP contribution in [0.3, 0.4) is 0 Å². The standard InChI is InChI=1S/C18H20FNOS/c19-17-4-2-1-3-15(17)5-6-18(21)20-10-7-14(8-11-20)16-9-12-22-13-16/h1-4,9,12-14H,5-8,10-11H2. The fourth-order valence-electron chi connectivity index (χ4n) is 3.07. The molecule has 4 heteroatoms. The molecule has 2 aromatic rings. The van der Waals surface area contributed by atoms with E-state index in [1.807, 2.05) is 11.0 Å². The average Bonchev–Trinajstić information content (AvgIpc) is 3.08. The topological polar surface area (TPSA) is 20.3 Å². The Morgan fingerprint density at radius 2 is 2.00 bits per heavy atom. The molecule has 116 valence electrons. The van der Waals surface area contributed by atoms with Crippen LogP contribution >= 0.6 is 11.3 Å². The highest BCUT2D eigenvalue weighted by atomic mass is 32.1. The molecule has 0 spiro atoms. The van der Waals surface area contributed by atoms with Crippen LogP contribution in [-0.2, 0) is 11.2 Å². The second-order valence-electron chi connectivity index (χ2n) is 5.80. The minimum atomic E-state index is -0.216. The van der Waals surface area contributed by atoms with E-state index in [1.54, 1.807) is 23.5 Å². The molecular formula is C18H20FNOS. The van der Waals surface area contributed by atoms with E-state index in [4.69, 9.17) is 0 Å². The summed E-state index contributed by atoms with van der Waals surface area (Å²) in [7, 11) is 0. The van der Waals surface area contributed by atoms with E-state index < -0.39 is 0 Å². The maximum atomic E-state index is 13.6. The number of amides is 1. The van der Waals surface area contributed by atoms with Crippen molar-refractivity contribution in [1.29, 1.82) is 0 Å². The van der Waals surface area contributed by atoms with Crippen molar-refractivity contribution >= 4 is 17.2 Å². The second kappa shape index (κ2) is 7.05. The number of piperidine rings is 1. The molecule has 22 heavy (non-hydrogen) atoms. The van der Waals surface area contributed by atoms with Gasteiger partial charge in [0.15, 0.2) is 0 Å². The van der Waals surface area contributed by atoms with Gasteiger partial charge in [0.25, 0.3) is 0 Å². The van der Waals surface area contributed by atoms with Gasteiger partial charge in [0.2, 0.25) is 5.91 Å². The first kappa shape index (κ1) is 15.2. The minimum Gasteiger partial charge on any atom is -0.343 e. The average molecular weight is 317 g/mol. The molecule has 1 amide bonds. The molecule has 0 aliphatic carbocycles. The van der Waals surface area contributed by atoms with Gasteiger partial charge in [-0.15, -0.1) is 0 Å². The van der Waals surface area contributed by atoms with Gasteiger partial charge in [0.1, 0.15) is 5.82 Å². The molecule has 0 bridgehead atoms. The monoisotopic (exact) mass is 317 g/mol. The predicted octanol–water partition coefficient (Wildman–Crippen LogP) is 4.23. The lowest BCUT2D eigenvalue weighted by atomic mass is 9.91. The van der Waals surface area contributed by atoms with Gasteiger partial charge in [0.05, 0.1) is 0 Å². The number of carbonyl (C=O) groups excluding carboxylic acids is 1. The summed E-state index contributed by atoms with van der Waals surface area (Å²) < 4.78 is 13.6. The van der Waals surface area contributed by atoms with E-state index in [0.29, 0.717) is 24.3 Å². The first-order chi connectivity index (χ1) is 10.7. The van der Waals surface area contributed by atoms with Crippen molar-refractivity contribution in [2.45, 2.75) is 31.6 Å². The Morgan fingerprint density at radius 1 is 1.23 bits per heavy atom. The van der Waals surface area contributed by atoms with Gasteiger partial charge < -0.3 is 4.90 Å². The quantitative estimate of drug-likeness (QED) is 0.826. The van der Waals surface area contributed by atoms with Gasteiger partial charge in [0, 0.05) is 19.5 Å². The Hall–Kier alpha value is -1.68. The normalized spacial score (nSPS) is 16.0. The van der Waals surface area contributed by atoms with Gasteiger partial charge in [-0.2, -0.15) is 11.3 Å². The molecule has 0 N–H and O–H groups in total. The van der Waals surface area contributed by atoms with E-state index >= 15 is 0 Å². The minimum absolute atomic E-state index is 0.145. The van der Waals surface area contributed by atoms with Crippen molar-refractivity contribution in [2.75, 3.05) is 13.1 Å². The summed E-state index contributed by atoms with van der Waals surface area (Å²) >= 11 is 1.73. The maximum Gasteiger partial charge on any atom is 0.222 e. The van der Waals surface area contributed by atoms with E-state index in [-0.39, 0.29) is 11.7 Å². The third-order valence-corrected chi connectivity index (χ3v) is 5.13. The number of benzene rings is 1. The zero-order chi connectivity index (χ0) is 15.4. The SMILES string of the molecule is O=C(CCc1ccccc1F)N1CCC(c2ccsc2)CC1. The lowest BCUT2D eigenvalue weighted by Gasteiger charge is -2.32. The second-order valence-corrected chi connectivity index (χ2v) is 6.58. The molecular weight excluding hydrogens is 297 g/mol. The van der Waals surface area contributed by atoms with Crippen molar-refractivity contribution < 1.29 is 9.18 Å². The molecule has 1 fully saturated rings. The smallest absolute Gasteiger partial charge is 0.222 e. The Labute approximate surface area is 134 Å². The number of rotatable bonds is 4. The molecule has 0 unspecified atom stereocenters. The molecule has 0 radical (unpaired) electrons. The molecule has 1 aliphatic rings. The van der Waals surface area contributed by atoms with Crippen molar-refractivity contribution in [3.8, 4) is 0 Å². The summed E-state index contributed by atoms with van der Waals surface area (Å²) in [4.78, 5) is 14.2. The van der Waals surface area contributed by atoms with Crippen LogP contribution in [0.15, 0.2) is 41.1 Å². The van der Waals surface area contributed by atoms with E-state index in [2.05, 4.69) is 16.8 Å². The number of likely N-dealkylation sites (tertiary alicyclic amines) is 1. The Morgan fingerprint density at radius 3 is 2.68 bits per heavy atom. The summed E-state index contributed by atoms with van der Waals surface area (Å²) in [5, 5.41) is 4.32. The number of hydrogen-bond acceptors (Lipinski definition) is 2. The summed E-state index contributed by atoms with van der Waals surface area (Å²) in [6.07, 6.45) is 2.93. The van der Waals surface area contributed by atoms with Crippen LogP contribution in [0.5, 0.6) is 0 Å². The summed E-state index contributed by atoms with van der Waals surface area (Å²) in [6, 6.07) is 8.88. The van der Waals surface area contributed by atoms with Crippen LogP contribution in [-0.4, -0.2) is 23.9 Å². The molecule has 1 saturated heterocycles. The molecule has 0 atom stereocenters. The summed E-state index contributed by atoms with van der Waals surface area (Å²) in [5.74, 6) is 0.514. The zero-order valence-electron chi connectivity index (χ0n) is 12.5. The maximum absolute atomic E-state index is 13.6. The molecule has 2 heterocycles. The van der Waals surface area contributed by atoms with Gasteiger partial charge in [-0.3, -0.25) is 4.79 Å². The number of aryl methyl sites for hydroxylation is 1. The fourth-order valence-corrected chi connectivity index (χ4v) is 3.81. The van der Waals surface area contributed by atoms with Crippen LogP contribution in [0.2, 0.25) is 0 Å². The molecule has 3 rings (SSSR count). The lowest BCUT2D eigenvalue weighted by Crippen LogP contribution is -2.38. The Balaban J connectivity index is 1.49. The number of hydrogen-bond donors (Lipinski definition) is 0. The van der Waals surface area contributed by atoms with Crippen molar-refractivity contribution in [1.82, 2.24) is 4.90 Å². The third-order valence-electron chi connectivity index (χ3n) is 4.43. The van der Waals surface area contributed by atoms with Gasteiger partial charge in [-0.05, 0) is 59.2 Å². The van der Waals surface area contributed by atoms with Crippen LogP contribution in [0.25, 0.3) is 0 Å². The fraction of sp³-hybridized carbons (Fsp3) is 0.389. The number of nitrogens with zero attached hydrogens (tertiary/aromatic N) is 1. The van der Waals surface area contributed by atoms with Crippen molar-refractivity contribution in [3.05, 3.63) is 58.0 Å². The van der Waals surface area contributed by atoms with E-state index in [1.165, 1.54) is 11.6 Å². The largest absolute Gasteiger partial charge is 0.343 e. The Kier molecular flexibility index (Phi) is 4.88. The van der Waals surface area contributed by atoms with Crippen LogP contribution < -0.4 is 0 Å².